The molecule has 0 aliphatic carbocycles. The van der Waals surface area contributed by atoms with Crippen molar-refractivity contribution in [2.45, 2.75) is 17.9 Å². The molecule has 0 aromatic carbocycles. The van der Waals surface area contributed by atoms with Crippen molar-refractivity contribution in [2.75, 3.05) is 6.54 Å². The minimum absolute atomic E-state index is 0.0350. The van der Waals surface area contributed by atoms with E-state index in [2.05, 4.69) is 4.98 Å². The van der Waals surface area contributed by atoms with E-state index in [1.165, 1.54) is 18.3 Å². The van der Waals surface area contributed by atoms with Crippen LogP contribution in [0.3, 0.4) is 0 Å². The molecule has 0 atom stereocenters. The first-order valence-corrected chi connectivity index (χ1v) is 6.62. The zero-order chi connectivity index (χ0) is 13.3. The highest BCUT2D eigenvalue weighted by Gasteiger charge is 2.41. The fourth-order valence-corrected chi connectivity index (χ4v) is 3.22. The summed E-state index contributed by atoms with van der Waals surface area (Å²) >= 11 is 0. The van der Waals surface area contributed by atoms with Gasteiger partial charge in [0.05, 0.1) is 5.56 Å². The maximum Gasteiger partial charge on any atom is 0.303 e. The van der Waals surface area contributed by atoms with Crippen molar-refractivity contribution in [1.82, 2.24) is 9.29 Å². The van der Waals surface area contributed by atoms with Gasteiger partial charge in [-0.1, -0.05) is 0 Å². The summed E-state index contributed by atoms with van der Waals surface area (Å²) in [6.07, 6.45) is 1.18. The topological polar surface area (TPSA) is 105 Å². The molecule has 1 aliphatic heterocycles. The Balaban J connectivity index is 2.25. The predicted octanol–water partition coefficient (Wildman–Crippen LogP) is 0.0909. The van der Waals surface area contributed by atoms with Gasteiger partial charge in [0.2, 0.25) is 0 Å². The summed E-state index contributed by atoms with van der Waals surface area (Å²) in [6.45, 7) is -0.149. The first-order chi connectivity index (χ1) is 8.44. The molecule has 0 saturated carbocycles. The number of aliphatic carboxylic acids is 1. The maximum atomic E-state index is 12.0. The Kier molecular flexibility index (Phi) is 3.04. The molecule has 96 valence electrons. The van der Waals surface area contributed by atoms with Crippen LogP contribution in [0.2, 0.25) is 0 Å². The molecule has 2 rings (SSSR count). The molecule has 1 aromatic rings. The predicted molar refractivity (Wildman–Crippen MR) is 59.3 cm³/mol. The maximum absolute atomic E-state index is 12.0. The Hall–Kier alpha value is -1.96. The van der Waals surface area contributed by atoms with Crippen LogP contribution in [0.15, 0.2) is 23.4 Å². The van der Waals surface area contributed by atoms with Crippen LogP contribution in [-0.2, 0) is 14.8 Å². The number of rotatable bonds is 4. The smallest absolute Gasteiger partial charge is 0.303 e. The molecule has 0 radical (unpaired) electrons. The highest BCUT2D eigenvalue weighted by atomic mass is 32.2. The van der Waals surface area contributed by atoms with Crippen LogP contribution in [0.5, 0.6) is 0 Å². The van der Waals surface area contributed by atoms with Crippen molar-refractivity contribution in [3.05, 3.63) is 23.9 Å². The third-order valence-corrected chi connectivity index (χ3v) is 4.26. The van der Waals surface area contributed by atoms with E-state index < -0.39 is 21.9 Å². The molecule has 0 saturated heterocycles. The zero-order valence-electron chi connectivity index (χ0n) is 9.24. The number of carbonyl (C=O) groups is 2. The Bertz CT molecular complexity index is 610. The number of amides is 1. The summed E-state index contributed by atoms with van der Waals surface area (Å²) in [4.78, 5) is 25.9. The molecule has 18 heavy (non-hydrogen) atoms. The Morgan fingerprint density at radius 2 is 2.17 bits per heavy atom. The number of carboxylic acids is 1. The van der Waals surface area contributed by atoms with E-state index in [1.807, 2.05) is 0 Å². The average Bonchev–Trinajstić information content (AvgIpc) is 2.50. The van der Waals surface area contributed by atoms with Gasteiger partial charge in [0.25, 0.3) is 15.9 Å². The summed E-state index contributed by atoms with van der Waals surface area (Å²) in [5.74, 6) is -1.68. The van der Waals surface area contributed by atoms with Gasteiger partial charge in [0, 0.05) is 19.2 Å². The van der Waals surface area contributed by atoms with E-state index >= 15 is 0 Å². The van der Waals surface area contributed by atoms with E-state index in [9.17, 15) is 18.0 Å². The van der Waals surface area contributed by atoms with Crippen molar-refractivity contribution < 1.29 is 23.1 Å². The number of nitrogens with zero attached hydrogens (tertiary/aromatic N) is 2. The minimum atomic E-state index is -3.91. The second kappa shape index (κ2) is 4.37. The summed E-state index contributed by atoms with van der Waals surface area (Å²) in [5.41, 5.74) is 0.0350. The number of carboxylic acid groups (broad SMARTS) is 1. The zero-order valence-corrected chi connectivity index (χ0v) is 10.1. The van der Waals surface area contributed by atoms with Crippen LogP contribution in [-0.4, -0.2) is 41.2 Å². The van der Waals surface area contributed by atoms with Gasteiger partial charge in [-0.2, -0.15) is 8.42 Å². The molecule has 7 nitrogen and oxygen atoms in total. The van der Waals surface area contributed by atoms with Crippen LogP contribution in [0, 0.1) is 0 Å². The van der Waals surface area contributed by atoms with Gasteiger partial charge in [0.15, 0.2) is 5.03 Å². The lowest BCUT2D eigenvalue weighted by Gasteiger charge is -2.13. The van der Waals surface area contributed by atoms with Crippen molar-refractivity contribution in [3.8, 4) is 0 Å². The summed E-state index contributed by atoms with van der Waals surface area (Å²) < 4.78 is 24.6. The lowest BCUT2D eigenvalue weighted by Crippen LogP contribution is -2.31. The fraction of sp³-hybridized carbons (Fsp3) is 0.300. The fourth-order valence-electron chi connectivity index (χ4n) is 1.70. The molecule has 8 heteroatoms. The third kappa shape index (κ3) is 1.94. The van der Waals surface area contributed by atoms with Gasteiger partial charge < -0.3 is 5.11 Å². The van der Waals surface area contributed by atoms with Crippen LogP contribution in [0.4, 0.5) is 0 Å². The van der Waals surface area contributed by atoms with Gasteiger partial charge in [-0.3, -0.25) is 9.59 Å². The minimum Gasteiger partial charge on any atom is -0.481 e. The van der Waals surface area contributed by atoms with E-state index in [4.69, 9.17) is 5.11 Å². The first kappa shape index (κ1) is 12.5. The highest BCUT2D eigenvalue weighted by Crippen LogP contribution is 2.28. The summed E-state index contributed by atoms with van der Waals surface area (Å²) in [7, 11) is -3.91. The molecule has 2 heterocycles. The van der Waals surface area contributed by atoms with Gasteiger partial charge in [-0.15, -0.1) is 0 Å². The van der Waals surface area contributed by atoms with Crippen molar-refractivity contribution in [2.24, 2.45) is 0 Å². The lowest BCUT2D eigenvalue weighted by molar-refractivity contribution is -0.137. The first-order valence-electron chi connectivity index (χ1n) is 5.18. The van der Waals surface area contributed by atoms with Crippen molar-refractivity contribution >= 4 is 21.9 Å². The van der Waals surface area contributed by atoms with Gasteiger partial charge in [-0.05, 0) is 18.6 Å². The number of carbonyl (C=O) groups excluding carboxylic acids is 1. The van der Waals surface area contributed by atoms with E-state index in [0.717, 1.165) is 0 Å². The second-order valence-electron chi connectivity index (χ2n) is 3.74. The van der Waals surface area contributed by atoms with Crippen LogP contribution in [0.25, 0.3) is 0 Å². The molecule has 0 bridgehead atoms. The van der Waals surface area contributed by atoms with Gasteiger partial charge >= 0.3 is 5.97 Å². The molecule has 1 aliphatic rings. The number of hydrogen-bond donors (Lipinski definition) is 1. The number of sulfonamides is 1. The molecule has 1 N–H and O–H groups in total. The van der Waals surface area contributed by atoms with E-state index in [-0.39, 0.29) is 30.0 Å². The molecular weight excluding hydrogens is 260 g/mol. The van der Waals surface area contributed by atoms with Gasteiger partial charge in [-0.25, -0.2) is 9.29 Å². The second-order valence-corrected chi connectivity index (χ2v) is 5.51. The number of aromatic nitrogens is 1. The van der Waals surface area contributed by atoms with Crippen LogP contribution in [0.1, 0.15) is 23.2 Å². The average molecular weight is 270 g/mol. The Morgan fingerprint density at radius 1 is 1.44 bits per heavy atom. The van der Waals surface area contributed by atoms with Crippen LogP contribution >= 0.6 is 0 Å². The van der Waals surface area contributed by atoms with Crippen LogP contribution < -0.4 is 0 Å². The lowest BCUT2D eigenvalue weighted by atomic mass is 10.2. The molecule has 1 amide bonds. The van der Waals surface area contributed by atoms with E-state index in [0.29, 0.717) is 4.31 Å². The normalized spacial score (nSPS) is 16.7. The molecule has 1 aromatic heterocycles. The van der Waals surface area contributed by atoms with Gasteiger partial charge in [0.1, 0.15) is 0 Å². The number of pyridine rings is 1. The third-order valence-electron chi connectivity index (χ3n) is 2.51. The molecule has 0 spiro atoms. The van der Waals surface area contributed by atoms with Crippen molar-refractivity contribution in [3.63, 3.8) is 0 Å². The standard InChI is InChI=1S/C10H10N2O5S/c13-8(14)4-2-6-12-10(15)7-3-1-5-11-9(7)18(12,16)17/h1,3,5H,2,4,6H2,(H,13,14). The summed E-state index contributed by atoms with van der Waals surface area (Å²) in [5, 5.41) is 8.23. The Labute approximate surface area is 103 Å². The largest absolute Gasteiger partial charge is 0.481 e. The monoisotopic (exact) mass is 270 g/mol. The molecule has 0 unspecified atom stereocenters. The molecular formula is C10H10N2O5S. The SMILES string of the molecule is O=C(O)CCCN1C(=O)c2cccnc2S1(=O)=O. The van der Waals surface area contributed by atoms with Crippen molar-refractivity contribution in [1.29, 1.82) is 0 Å². The summed E-state index contributed by atoms with van der Waals surface area (Å²) in [6, 6.07) is 2.87. The number of hydrogen-bond acceptors (Lipinski definition) is 5. The van der Waals surface area contributed by atoms with E-state index in [1.54, 1.807) is 0 Å². The number of fused-ring (bicyclic) bond motifs is 1. The molecule has 0 fully saturated rings. The quantitative estimate of drug-likeness (QED) is 0.831. The Morgan fingerprint density at radius 3 is 2.78 bits per heavy atom. The highest BCUT2D eigenvalue weighted by molar-refractivity contribution is 7.90.